The van der Waals surface area contributed by atoms with Gasteiger partial charge in [-0.15, -0.1) is 0 Å². The summed E-state index contributed by atoms with van der Waals surface area (Å²) in [5.41, 5.74) is 6.41. The van der Waals surface area contributed by atoms with Crippen LogP contribution in [0.5, 0.6) is 0 Å². The number of hydrogen-bond donors (Lipinski definition) is 3. The Morgan fingerprint density at radius 3 is 2.59 bits per heavy atom. The van der Waals surface area contributed by atoms with E-state index in [1.807, 2.05) is 0 Å². The first-order chi connectivity index (χ1) is 10.4. The van der Waals surface area contributed by atoms with Crippen molar-refractivity contribution < 1.29 is 10.2 Å². The highest BCUT2D eigenvalue weighted by Crippen LogP contribution is 2.64. The van der Waals surface area contributed by atoms with E-state index in [0.717, 1.165) is 25.7 Å². The van der Waals surface area contributed by atoms with Crippen LogP contribution in [0.25, 0.3) is 0 Å². The molecule has 0 aromatic heterocycles. The SMILES string of the molecule is C[C@]12CC[C@H]3[C@@H](C=C[C@@H]4CCC(O)=C(O)[C@@]43C)[C@@H]1CC[C@H]2N. The zero-order valence-electron chi connectivity index (χ0n) is 13.8. The number of aliphatic hydroxyl groups excluding tert-OH is 2. The molecule has 0 unspecified atom stereocenters. The first-order valence-corrected chi connectivity index (χ1v) is 8.94. The first kappa shape index (κ1) is 14.6. The van der Waals surface area contributed by atoms with Crippen LogP contribution in [0.15, 0.2) is 23.7 Å². The summed E-state index contributed by atoms with van der Waals surface area (Å²) < 4.78 is 0. The highest BCUT2D eigenvalue weighted by molar-refractivity contribution is 5.27. The van der Waals surface area contributed by atoms with Crippen molar-refractivity contribution in [2.45, 2.75) is 58.4 Å². The molecule has 0 aromatic rings. The number of aliphatic hydroxyl groups is 2. The van der Waals surface area contributed by atoms with E-state index >= 15 is 0 Å². The van der Waals surface area contributed by atoms with Crippen LogP contribution in [0.4, 0.5) is 0 Å². The molecule has 0 bridgehead atoms. The minimum absolute atomic E-state index is 0.226. The molecule has 0 amide bonds. The minimum atomic E-state index is -0.282. The number of fused-ring (bicyclic) bond motifs is 5. The van der Waals surface area contributed by atoms with Crippen molar-refractivity contribution in [2.75, 3.05) is 0 Å². The molecule has 2 fully saturated rings. The molecule has 122 valence electrons. The number of nitrogens with two attached hydrogens (primary N) is 1. The van der Waals surface area contributed by atoms with Crippen LogP contribution in [-0.4, -0.2) is 16.3 Å². The second-order valence-corrected chi connectivity index (χ2v) is 8.63. The van der Waals surface area contributed by atoms with Crippen molar-refractivity contribution in [3.8, 4) is 0 Å². The smallest absolute Gasteiger partial charge is 0.136 e. The zero-order chi connectivity index (χ0) is 15.7. The van der Waals surface area contributed by atoms with E-state index in [2.05, 4.69) is 26.0 Å². The van der Waals surface area contributed by atoms with Crippen molar-refractivity contribution in [1.29, 1.82) is 0 Å². The lowest BCUT2D eigenvalue weighted by molar-refractivity contribution is -0.0445. The summed E-state index contributed by atoms with van der Waals surface area (Å²) in [7, 11) is 0. The largest absolute Gasteiger partial charge is 0.509 e. The molecule has 3 nitrogen and oxygen atoms in total. The van der Waals surface area contributed by atoms with Crippen molar-refractivity contribution in [3.05, 3.63) is 23.7 Å². The maximum atomic E-state index is 10.7. The molecular weight excluding hydrogens is 274 g/mol. The quantitative estimate of drug-likeness (QED) is 0.591. The Hall–Kier alpha value is -0.960. The highest BCUT2D eigenvalue weighted by Gasteiger charge is 2.59. The van der Waals surface area contributed by atoms with Gasteiger partial charge in [0.1, 0.15) is 11.5 Å². The molecule has 7 atom stereocenters. The Kier molecular flexibility index (Phi) is 3.01. The Balaban J connectivity index is 1.77. The van der Waals surface area contributed by atoms with Gasteiger partial charge >= 0.3 is 0 Å². The van der Waals surface area contributed by atoms with E-state index in [1.165, 1.54) is 6.42 Å². The fourth-order valence-corrected chi connectivity index (χ4v) is 6.41. The van der Waals surface area contributed by atoms with Gasteiger partial charge in [0.05, 0.1) is 0 Å². The molecule has 0 heterocycles. The van der Waals surface area contributed by atoms with Crippen LogP contribution in [0, 0.1) is 34.5 Å². The average molecular weight is 303 g/mol. The van der Waals surface area contributed by atoms with Gasteiger partial charge in [0.15, 0.2) is 0 Å². The predicted octanol–water partition coefficient (Wildman–Crippen LogP) is 4.07. The summed E-state index contributed by atoms with van der Waals surface area (Å²) in [6.45, 7) is 4.56. The van der Waals surface area contributed by atoms with Crippen LogP contribution in [0.1, 0.15) is 52.4 Å². The molecule has 2 saturated carbocycles. The second kappa shape index (κ2) is 4.53. The van der Waals surface area contributed by atoms with Crippen LogP contribution in [0.2, 0.25) is 0 Å². The third-order valence-corrected chi connectivity index (χ3v) is 7.99. The van der Waals surface area contributed by atoms with Crippen LogP contribution in [0.3, 0.4) is 0 Å². The molecule has 0 aromatic carbocycles. The van der Waals surface area contributed by atoms with E-state index in [4.69, 9.17) is 5.73 Å². The Morgan fingerprint density at radius 1 is 1.05 bits per heavy atom. The molecule has 22 heavy (non-hydrogen) atoms. The second-order valence-electron chi connectivity index (χ2n) is 8.63. The van der Waals surface area contributed by atoms with Gasteiger partial charge in [-0.25, -0.2) is 0 Å². The molecule has 0 saturated heterocycles. The Morgan fingerprint density at radius 2 is 1.82 bits per heavy atom. The van der Waals surface area contributed by atoms with Crippen molar-refractivity contribution in [3.63, 3.8) is 0 Å². The third kappa shape index (κ3) is 1.61. The Bertz CT molecular complexity index is 554. The Labute approximate surface area is 133 Å². The van der Waals surface area contributed by atoms with Gasteiger partial charge in [0.25, 0.3) is 0 Å². The van der Waals surface area contributed by atoms with E-state index in [0.29, 0.717) is 36.1 Å². The maximum absolute atomic E-state index is 10.7. The fraction of sp³-hybridized carbons (Fsp3) is 0.789. The molecule has 0 radical (unpaired) electrons. The van der Waals surface area contributed by atoms with Gasteiger partial charge in [0, 0.05) is 17.9 Å². The summed E-state index contributed by atoms with van der Waals surface area (Å²) >= 11 is 0. The van der Waals surface area contributed by atoms with E-state index in [9.17, 15) is 10.2 Å². The summed E-state index contributed by atoms with van der Waals surface area (Å²) in [4.78, 5) is 0. The highest BCUT2D eigenvalue weighted by atomic mass is 16.3. The molecule has 4 aliphatic rings. The lowest BCUT2D eigenvalue weighted by Gasteiger charge is -2.57. The third-order valence-electron chi connectivity index (χ3n) is 7.99. The van der Waals surface area contributed by atoms with E-state index in [-0.39, 0.29) is 22.3 Å². The standard InChI is InChI=1S/C19H29NO2/c1-18-10-9-14-12(13(18)6-8-16(18)20)5-3-11-4-7-15(21)17(22)19(11,14)2/h3,5,11-14,16,21-22H,4,6-10,20H2,1-2H3/t11-,12+,13+,14+,16-,18+,19+/m1/s1. The first-order valence-electron chi connectivity index (χ1n) is 8.94. The zero-order valence-corrected chi connectivity index (χ0v) is 13.8. The van der Waals surface area contributed by atoms with E-state index < -0.39 is 0 Å². The molecule has 4 aliphatic carbocycles. The molecule has 4 rings (SSSR count). The minimum Gasteiger partial charge on any atom is -0.509 e. The van der Waals surface area contributed by atoms with Crippen LogP contribution < -0.4 is 5.73 Å². The van der Waals surface area contributed by atoms with Gasteiger partial charge in [0.2, 0.25) is 0 Å². The van der Waals surface area contributed by atoms with Crippen molar-refractivity contribution in [1.82, 2.24) is 0 Å². The summed E-state index contributed by atoms with van der Waals surface area (Å²) in [5, 5.41) is 20.8. The molecular formula is C19H29NO2. The molecule has 4 N–H and O–H groups in total. The number of rotatable bonds is 0. The van der Waals surface area contributed by atoms with Gasteiger partial charge in [-0.3, -0.25) is 0 Å². The summed E-state index contributed by atoms with van der Waals surface area (Å²) in [6, 6.07) is 0.321. The van der Waals surface area contributed by atoms with Gasteiger partial charge in [-0.05, 0) is 61.2 Å². The van der Waals surface area contributed by atoms with Gasteiger partial charge in [-0.1, -0.05) is 26.0 Å². The summed E-state index contributed by atoms with van der Waals surface area (Å²) in [6.07, 6.45) is 10.9. The van der Waals surface area contributed by atoms with Crippen LogP contribution >= 0.6 is 0 Å². The average Bonchev–Trinajstić information content (AvgIpc) is 2.80. The normalized spacial score (nSPS) is 53.9. The number of allylic oxidation sites excluding steroid dienone is 4. The maximum Gasteiger partial charge on any atom is 0.136 e. The summed E-state index contributed by atoms with van der Waals surface area (Å²) in [5.74, 6) is 2.43. The fourth-order valence-electron chi connectivity index (χ4n) is 6.41. The predicted molar refractivity (Wildman–Crippen MR) is 87.3 cm³/mol. The van der Waals surface area contributed by atoms with Crippen molar-refractivity contribution in [2.24, 2.45) is 40.2 Å². The molecule has 0 spiro atoms. The van der Waals surface area contributed by atoms with E-state index in [1.54, 1.807) is 0 Å². The van der Waals surface area contributed by atoms with Crippen molar-refractivity contribution >= 4 is 0 Å². The van der Waals surface area contributed by atoms with Gasteiger partial charge in [-0.2, -0.15) is 0 Å². The number of hydrogen-bond acceptors (Lipinski definition) is 3. The topological polar surface area (TPSA) is 66.5 Å². The lowest BCUT2D eigenvalue weighted by Crippen LogP contribution is -2.53. The molecule has 0 aliphatic heterocycles. The van der Waals surface area contributed by atoms with Crippen LogP contribution in [-0.2, 0) is 0 Å². The monoisotopic (exact) mass is 303 g/mol. The molecule has 3 heteroatoms. The van der Waals surface area contributed by atoms with Gasteiger partial charge < -0.3 is 15.9 Å². The lowest BCUT2D eigenvalue weighted by atomic mass is 9.48.